The molecule has 149 valence electrons. The van der Waals surface area contributed by atoms with Gasteiger partial charge in [-0.2, -0.15) is 0 Å². The summed E-state index contributed by atoms with van der Waals surface area (Å²) in [5.41, 5.74) is 9.12. The third-order valence-corrected chi connectivity index (χ3v) is 7.26. The molecule has 0 bridgehead atoms. The second-order valence-corrected chi connectivity index (χ2v) is 10.3. The fourth-order valence-electron chi connectivity index (χ4n) is 4.38. The van der Waals surface area contributed by atoms with Crippen molar-refractivity contribution in [2.24, 2.45) is 5.41 Å². The van der Waals surface area contributed by atoms with Gasteiger partial charge in [0.15, 0.2) is 0 Å². The van der Waals surface area contributed by atoms with Crippen molar-refractivity contribution in [3.8, 4) is 0 Å². The van der Waals surface area contributed by atoms with Crippen molar-refractivity contribution in [3.63, 3.8) is 0 Å². The SMILES string of the molecule is CC1=C(c2c3c(ccc2=C(C)C)=c2ccccc2=[C]3[Zr+2])CC(C(C)(C)C)=C1.[Cl-].[Cl-]. The minimum atomic E-state index is 0. The normalized spacial score (nSPS) is 14.8. The van der Waals surface area contributed by atoms with Crippen LogP contribution >= 0.6 is 0 Å². The van der Waals surface area contributed by atoms with Crippen molar-refractivity contribution in [3.05, 3.63) is 85.6 Å². The number of halogens is 2. The van der Waals surface area contributed by atoms with Gasteiger partial charge in [0.25, 0.3) is 0 Å². The number of hydrogen-bond acceptors (Lipinski definition) is 0. The van der Waals surface area contributed by atoms with Gasteiger partial charge in [0, 0.05) is 0 Å². The minimum Gasteiger partial charge on any atom is -1.00 e. The molecule has 0 radical (unpaired) electrons. The van der Waals surface area contributed by atoms with Crippen LogP contribution in [0.3, 0.4) is 0 Å². The summed E-state index contributed by atoms with van der Waals surface area (Å²) >= 11 is 1.50. The van der Waals surface area contributed by atoms with E-state index in [0.29, 0.717) is 0 Å². The van der Waals surface area contributed by atoms with Crippen molar-refractivity contribution in [2.75, 3.05) is 0 Å². The van der Waals surface area contributed by atoms with E-state index in [1.807, 2.05) is 0 Å². The van der Waals surface area contributed by atoms with Crippen LogP contribution in [0.4, 0.5) is 0 Å². The first-order valence-electron chi connectivity index (χ1n) is 9.77. The van der Waals surface area contributed by atoms with Crippen LogP contribution < -0.4 is 35.3 Å². The van der Waals surface area contributed by atoms with Crippen LogP contribution in [0.15, 0.2) is 53.6 Å². The molecule has 0 amide bonds. The van der Waals surface area contributed by atoms with Crippen molar-refractivity contribution >= 4 is 14.4 Å². The Hall–Kier alpha value is -0.877. The molecule has 4 rings (SSSR count). The zero-order chi connectivity index (χ0) is 19.5. The molecule has 2 aliphatic rings. The summed E-state index contributed by atoms with van der Waals surface area (Å²) in [5, 5.41) is 5.67. The summed E-state index contributed by atoms with van der Waals surface area (Å²) in [6.45, 7) is 13.8. The Balaban J connectivity index is 0.00000150. The van der Waals surface area contributed by atoms with E-state index in [9.17, 15) is 0 Å². The van der Waals surface area contributed by atoms with Crippen LogP contribution in [0.5, 0.6) is 0 Å². The Bertz CT molecular complexity index is 1250. The van der Waals surface area contributed by atoms with Gasteiger partial charge in [0.05, 0.1) is 0 Å². The smallest absolute Gasteiger partial charge is 1.00 e. The number of benzene rings is 2. The van der Waals surface area contributed by atoms with E-state index in [0.717, 1.165) is 6.42 Å². The van der Waals surface area contributed by atoms with E-state index >= 15 is 0 Å². The third kappa shape index (κ3) is 4.04. The summed E-state index contributed by atoms with van der Waals surface area (Å²) in [7, 11) is 0. The molecule has 0 nitrogen and oxygen atoms in total. The van der Waals surface area contributed by atoms with Crippen LogP contribution in [0, 0.1) is 15.9 Å². The maximum absolute atomic E-state index is 2.44. The van der Waals surface area contributed by atoms with Crippen LogP contribution in [0.25, 0.3) is 14.4 Å². The van der Waals surface area contributed by atoms with Gasteiger partial charge < -0.3 is 24.8 Å². The summed E-state index contributed by atoms with van der Waals surface area (Å²) in [6, 6.07) is 13.6. The van der Waals surface area contributed by atoms with Crippen LogP contribution in [-0.2, 0) is 24.7 Å². The first-order chi connectivity index (χ1) is 12.7. The molecule has 2 aromatic rings. The van der Waals surface area contributed by atoms with Gasteiger partial charge in [-0.15, -0.1) is 0 Å². The molecule has 0 saturated heterocycles. The summed E-state index contributed by atoms with van der Waals surface area (Å²) in [4.78, 5) is 0. The maximum atomic E-state index is 2.44. The topological polar surface area (TPSA) is 0 Å². The Morgan fingerprint density at radius 2 is 1.48 bits per heavy atom. The average Bonchev–Trinajstić information content (AvgIpc) is 3.13. The molecule has 0 unspecified atom stereocenters. The largest absolute Gasteiger partial charge is 1.00 e. The summed E-state index contributed by atoms with van der Waals surface area (Å²) in [5.74, 6) is 0. The predicted octanol–water partition coefficient (Wildman–Crippen LogP) is -0.662. The standard InChI is InChI=1S/C26H27.2ClH.Zr/c1-16(2)20-11-12-22-21-10-8-7-9-18(21)14-24(22)25(20)23-15-19(13-17(23)3)26(4,5)6;;;/h7-13H,15H2,1-6H3;2*1H;/q;;;+2/p-2. The molecule has 3 heteroatoms. The van der Waals surface area contributed by atoms with E-state index in [1.165, 1.54) is 76.7 Å². The van der Waals surface area contributed by atoms with E-state index in [2.05, 4.69) is 84.0 Å². The molecular formula is C26H27Cl2Zr. The first kappa shape index (κ1) is 24.4. The second kappa shape index (κ2) is 8.70. The Morgan fingerprint density at radius 1 is 0.862 bits per heavy atom. The van der Waals surface area contributed by atoms with Gasteiger partial charge in [0.2, 0.25) is 0 Å². The quantitative estimate of drug-likeness (QED) is 0.487. The predicted molar refractivity (Wildman–Crippen MR) is 112 cm³/mol. The number of fused-ring (bicyclic) bond motifs is 2. The second-order valence-electron chi connectivity index (χ2n) is 9.09. The first-order valence-corrected chi connectivity index (χ1v) is 11.0. The molecule has 0 atom stereocenters. The molecule has 2 aromatic carbocycles. The monoisotopic (exact) mass is 499 g/mol. The van der Waals surface area contributed by atoms with Crippen molar-refractivity contribution in [1.82, 2.24) is 0 Å². The summed E-state index contributed by atoms with van der Waals surface area (Å²) < 4.78 is 1.51. The van der Waals surface area contributed by atoms with Gasteiger partial charge in [-0.3, -0.25) is 0 Å². The molecule has 0 aliphatic heterocycles. The molecule has 0 spiro atoms. The van der Waals surface area contributed by atoms with Crippen molar-refractivity contribution < 1.29 is 49.5 Å². The van der Waals surface area contributed by atoms with Gasteiger partial charge in [-0.25, -0.2) is 0 Å². The molecular weight excluding hydrogens is 474 g/mol. The molecule has 0 N–H and O–H groups in total. The van der Waals surface area contributed by atoms with E-state index in [1.54, 1.807) is 5.57 Å². The van der Waals surface area contributed by atoms with E-state index < -0.39 is 0 Å². The zero-order valence-corrected chi connectivity index (χ0v) is 22.0. The minimum absolute atomic E-state index is 0. The van der Waals surface area contributed by atoms with Crippen molar-refractivity contribution in [1.29, 1.82) is 0 Å². The van der Waals surface area contributed by atoms with Crippen LogP contribution in [0.1, 0.15) is 59.1 Å². The summed E-state index contributed by atoms with van der Waals surface area (Å²) in [6.07, 6.45) is 3.51. The number of rotatable bonds is 1. The van der Waals surface area contributed by atoms with Gasteiger partial charge >= 0.3 is 178 Å². The van der Waals surface area contributed by atoms with E-state index in [-0.39, 0.29) is 30.2 Å². The zero-order valence-electron chi connectivity index (χ0n) is 18.0. The molecule has 2 aliphatic carbocycles. The maximum Gasteiger partial charge on any atom is -1.00 e. The molecule has 0 heterocycles. The molecule has 0 fully saturated rings. The Kier molecular flexibility index (Phi) is 7.32. The van der Waals surface area contributed by atoms with Gasteiger partial charge in [0.1, 0.15) is 0 Å². The van der Waals surface area contributed by atoms with Gasteiger partial charge in [-0.1, -0.05) is 0 Å². The van der Waals surface area contributed by atoms with E-state index in [4.69, 9.17) is 0 Å². The fourth-order valence-corrected chi connectivity index (χ4v) is 5.56. The average molecular weight is 502 g/mol. The Labute approximate surface area is 201 Å². The Morgan fingerprint density at radius 3 is 2.03 bits per heavy atom. The third-order valence-electron chi connectivity index (χ3n) is 5.98. The molecule has 0 saturated carbocycles. The van der Waals surface area contributed by atoms with Crippen molar-refractivity contribution in [2.45, 2.75) is 48.0 Å². The molecule has 0 aromatic heterocycles. The molecule has 29 heavy (non-hydrogen) atoms. The number of allylic oxidation sites excluding steroid dienone is 4. The van der Waals surface area contributed by atoms with Gasteiger partial charge in [-0.05, 0) is 0 Å². The number of hydrogen-bond donors (Lipinski definition) is 0. The van der Waals surface area contributed by atoms with Crippen LogP contribution in [-0.4, -0.2) is 0 Å². The van der Waals surface area contributed by atoms with Crippen LogP contribution in [0.2, 0.25) is 0 Å². The fraction of sp³-hybridized carbons (Fsp3) is 0.308.